The molecule has 0 amide bonds. The fourth-order valence-electron chi connectivity index (χ4n) is 1.62. The van der Waals surface area contributed by atoms with Crippen molar-refractivity contribution in [1.82, 2.24) is 0 Å². The maximum atomic E-state index is 13.1. The van der Waals surface area contributed by atoms with Crippen molar-refractivity contribution in [3.63, 3.8) is 0 Å². The van der Waals surface area contributed by atoms with Crippen molar-refractivity contribution in [2.24, 2.45) is 0 Å². The fraction of sp³-hybridized carbons (Fsp3) is 0.538. The number of aliphatic hydroxyl groups is 1. The summed E-state index contributed by atoms with van der Waals surface area (Å²) < 4.78 is 24.5. The molecule has 0 aliphatic carbocycles. The fourth-order valence-corrected chi connectivity index (χ4v) is 2.03. The van der Waals surface area contributed by atoms with Crippen LogP contribution < -0.4 is 0 Å². The lowest BCUT2D eigenvalue weighted by atomic mass is 10.1. The van der Waals surface area contributed by atoms with Crippen LogP contribution in [0.3, 0.4) is 0 Å². The van der Waals surface area contributed by atoms with E-state index < -0.39 is 12.4 Å². The van der Waals surface area contributed by atoms with Gasteiger partial charge in [0, 0.05) is 24.1 Å². The second-order valence-electron chi connectivity index (χ2n) is 3.79. The Labute approximate surface area is 115 Å². The van der Waals surface area contributed by atoms with Gasteiger partial charge in [-0.1, -0.05) is 15.9 Å². The Bertz CT molecular complexity index is 367. The molecule has 0 fully saturated rings. The van der Waals surface area contributed by atoms with E-state index in [0.29, 0.717) is 18.8 Å². The quantitative estimate of drug-likeness (QED) is 0.785. The summed E-state index contributed by atoms with van der Waals surface area (Å²) >= 11 is 3.33. The molecule has 1 aromatic carbocycles. The molecule has 3 nitrogen and oxygen atoms in total. The molecule has 18 heavy (non-hydrogen) atoms. The van der Waals surface area contributed by atoms with Gasteiger partial charge in [-0.15, -0.1) is 0 Å². The molecule has 1 rings (SSSR count). The molecule has 0 saturated carbocycles. The first-order valence-electron chi connectivity index (χ1n) is 5.93. The Kier molecular flexibility index (Phi) is 6.78. The zero-order valence-electron chi connectivity index (χ0n) is 10.5. The zero-order valence-corrected chi connectivity index (χ0v) is 12.1. The first-order chi connectivity index (χ1) is 8.58. The Morgan fingerprint density at radius 2 is 1.89 bits per heavy atom. The highest BCUT2D eigenvalue weighted by Crippen LogP contribution is 2.20. The number of benzene rings is 1. The van der Waals surface area contributed by atoms with Gasteiger partial charge in [0.2, 0.25) is 0 Å². The van der Waals surface area contributed by atoms with Crippen LogP contribution in [-0.4, -0.2) is 30.7 Å². The van der Waals surface area contributed by atoms with Crippen LogP contribution in [0.25, 0.3) is 0 Å². The second-order valence-corrected chi connectivity index (χ2v) is 4.64. The highest BCUT2D eigenvalue weighted by Gasteiger charge is 2.21. The summed E-state index contributed by atoms with van der Waals surface area (Å²) in [5, 5.41) is 10.0. The third kappa shape index (κ3) is 4.65. The van der Waals surface area contributed by atoms with E-state index in [0.717, 1.165) is 4.47 Å². The monoisotopic (exact) mass is 320 g/mol. The van der Waals surface area contributed by atoms with E-state index in [1.165, 1.54) is 12.1 Å². The van der Waals surface area contributed by atoms with Crippen molar-refractivity contribution in [3.05, 3.63) is 34.1 Å². The number of halogens is 2. The van der Waals surface area contributed by atoms with Crippen LogP contribution in [-0.2, 0) is 15.9 Å². The molecule has 0 aliphatic heterocycles. The predicted molar refractivity (Wildman–Crippen MR) is 70.9 cm³/mol. The van der Waals surface area contributed by atoms with Gasteiger partial charge < -0.3 is 14.6 Å². The Balaban J connectivity index is 2.71. The average molecular weight is 321 g/mol. The number of ether oxygens (including phenoxy) is 2. The summed E-state index contributed by atoms with van der Waals surface area (Å²) in [5.41, 5.74) is 0.687. The zero-order chi connectivity index (χ0) is 13.5. The van der Waals surface area contributed by atoms with Crippen molar-refractivity contribution in [2.45, 2.75) is 32.7 Å². The van der Waals surface area contributed by atoms with Gasteiger partial charge in [-0.2, -0.15) is 0 Å². The van der Waals surface area contributed by atoms with Gasteiger partial charge >= 0.3 is 0 Å². The molecule has 0 aliphatic rings. The molecule has 0 spiro atoms. The van der Waals surface area contributed by atoms with E-state index in [2.05, 4.69) is 15.9 Å². The van der Waals surface area contributed by atoms with Gasteiger partial charge in [0.25, 0.3) is 0 Å². The highest BCUT2D eigenvalue weighted by atomic mass is 79.9. The summed E-state index contributed by atoms with van der Waals surface area (Å²) in [4.78, 5) is 0. The molecule has 0 heterocycles. The molecule has 1 atom stereocenters. The maximum absolute atomic E-state index is 13.1. The van der Waals surface area contributed by atoms with Gasteiger partial charge in [-0.3, -0.25) is 0 Å². The minimum atomic E-state index is -0.831. The number of rotatable bonds is 7. The third-order valence-electron chi connectivity index (χ3n) is 2.41. The minimum absolute atomic E-state index is 0.267. The number of hydrogen-bond acceptors (Lipinski definition) is 3. The molecule has 1 N–H and O–H groups in total. The summed E-state index contributed by atoms with van der Waals surface area (Å²) in [5.74, 6) is -0.329. The third-order valence-corrected chi connectivity index (χ3v) is 3.19. The van der Waals surface area contributed by atoms with Crippen LogP contribution in [0.15, 0.2) is 22.7 Å². The van der Waals surface area contributed by atoms with E-state index >= 15 is 0 Å². The second kappa shape index (κ2) is 7.84. The van der Waals surface area contributed by atoms with Gasteiger partial charge in [0.05, 0.1) is 0 Å². The number of aliphatic hydroxyl groups excluding tert-OH is 1. The highest BCUT2D eigenvalue weighted by molar-refractivity contribution is 9.10. The lowest BCUT2D eigenvalue weighted by molar-refractivity contribution is -0.188. The summed E-state index contributed by atoms with van der Waals surface area (Å²) in [6, 6.07) is 4.37. The lowest BCUT2D eigenvalue weighted by Crippen LogP contribution is -2.33. The standard InChI is InChI=1S/C13H18BrFO3/c1-3-17-13(18-4-2)12(16)8-9-7-10(15)5-6-11(9)14/h5-7,12-13,16H,3-4,8H2,1-2H3. The van der Waals surface area contributed by atoms with Gasteiger partial charge in [-0.05, 0) is 37.6 Å². The molecule has 0 aromatic heterocycles. The summed E-state index contributed by atoms with van der Waals surface area (Å²) in [7, 11) is 0. The normalized spacial score (nSPS) is 13.0. The maximum Gasteiger partial charge on any atom is 0.183 e. The summed E-state index contributed by atoms with van der Waals surface area (Å²) in [6.45, 7) is 4.56. The molecule has 102 valence electrons. The van der Waals surface area contributed by atoms with Crippen LogP contribution in [0.1, 0.15) is 19.4 Å². The molecule has 5 heteroatoms. The predicted octanol–water partition coefficient (Wildman–Crippen LogP) is 2.89. The van der Waals surface area contributed by atoms with Crippen LogP contribution in [0.2, 0.25) is 0 Å². The van der Waals surface area contributed by atoms with Crippen LogP contribution in [0, 0.1) is 5.82 Å². The molecule has 1 aromatic rings. The smallest absolute Gasteiger partial charge is 0.183 e. The van der Waals surface area contributed by atoms with Crippen molar-refractivity contribution in [3.8, 4) is 0 Å². The van der Waals surface area contributed by atoms with E-state index in [1.807, 2.05) is 13.8 Å². The average Bonchev–Trinajstić information content (AvgIpc) is 2.33. The largest absolute Gasteiger partial charge is 0.387 e. The van der Waals surface area contributed by atoms with E-state index in [1.54, 1.807) is 6.07 Å². The molecule has 0 saturated heterocycles. The van der Waals surface area contributed by atoms with Crippen molar-refractivity contribution in [1.29, 1.82) is 0 Å². The summed E-state index contributed by atoms with van der Waals surface area (Å²) in [6.07, 6.45) is -1.25. The number of hydrogen-bond donors (Lipinski definition) is 1. The Hall–Kier alpha value is -0.490. The molecule has 1 unspecified atom stereocenters. The minimum Gasteiger partial charge on any atom is -0.387 e. The van der Waals surface area contributed by atoms with Gasteiger partial charge in [-0.25, -0.2) is 4.39 Å². The van der Waals surface area contributed by atoms with E-state index in [4.69, 9.17) is 9.47 Å². The lowest BCUT2D eigenvalue weighted by Gasteiger charge is -2.23. The molecular weight excluding hydrogens is 303 g/mol. The van der Waals surface area contributed by atoms with Gasteiger partial charge in [0.1, 0.15) is 11.9 Å². The molecule has 0 radical (unpaired) electrons. The van der Waals surface area contributed by atoms with Crippen molar-refractivity contribution < 1.29 is 19.0 Å². The van der Waals surface area contributed by atoms with Crippen LogP contribution >= 0.6 is 15.9 Å². The SMILES string of the molecule is CCOC(OCC)C(O)Cc1cc(F)ccc1Br. The van der Waals surface area contributed by atoms with E-state index in [-0.39, 0.29) is 12.2 Å². The topological polar surface area (TPSA) is 38.7 Å². The Morgan fingerprint density at radius 1 is 1.28 bits per heavy atom. The first kappa shape index (κ1) is 15.6. The first-order valence-corrected chi connectivity index (χ1v) is 6.73. The molecule has 0 bridgehead atoms. The van der Waals surface area contributed by atoms with Crippen LogP contribution in [0.5, 0.6) is 0 Å². The Morgan fingerprint density at radius 3 is 2.44 bits per heavy atom. The van der Waals surface area contributed by atoms with Crippen molar-refractivity contribution in [2.75, 3.05) is 13.2 Å². The van der Waals surface area contributed by atoms with E-state index in [9.17, 15) is 9.50 Å². The van der Waals surface area contributed by atoms with Crippen LogP contribution in [0.4, 0.5) is 4.39 Å². The van der Waals surface area contributed by atoms with Crippen molar-refractivity contribution >= 4 is 15.9 Å². The molecular formula is C13H18BrFO3. The van der Waals surface area contributed by atoms with Gasteiger partial charge in [0.15, 0.2) is 6.29 Å².